The topological polar surface area (TPSA) is 58.8 Å². The Balaban J connectivity index is 1.28. The zero-order valence-electron chi connectivity index (χ0n) is 14.5. The van der Waals surface area contributed by atoms with Gasteiger partial charge in [-0.05, 0) is 43.9 Å². The molecular weight excluding hydrogens is 318 g/mol. The Kier molecular flexibility index (Phi) is 4.99. The lowest BCUT2D eigenvalue weighted by atomic mass is 9.96. The van der Waals surface area contributed by atoms with Gasteiger partial charge in [0.2, 0.25) is 0 Å². The van der Waals surface area contributed by atoms with E-state index >= 15 is 0 Å². The molecule has 25 heavy (non-hydrogen) atoms. The van der Waals surface area contributed by atoms with Gasteiger partial charge in [-0.25, -0.2) is 0 Å². The van der Waals surface area contributed by atoms with Crippen LogP contribution in [-0.2, 0) is 4.74 Å². The molecule has 0 aliphatic carbocycles. The second kappa shape index (κ2) is 7.54. The molecule has 0 atom stereocenters. The van der Waals surface area contributed by atoms with Crippen molar-refractivity contribution in [1.29, 1.82) is 0 Å². The summed E-state index contributed by atoms with van der Waals surface area (Å²) in [5.74, 6) is 1.21. The number of rotatable bonds is 4. The van der Waals surface area contributed by atoms with Crippen LogP contribution in [0.3, 0.4) is 0 Å². The Bertz CT molecular complexity index is 683. The van der Waals surface area contributed by atoms with Gasteiger partial charge in [0.05, 0.1) is 0 Å². The van der Waals surface area contributed by atoms with Crippen molar-refractivity contribution in [1.82, 2.24) is 14.8 Å². The molecule has 0 N–H and O–H groups in total. The van der Waals surface area contributed by atoms with Gasteiger partial charge in [-0.2, -0.15) is 0 Å². The molecule has 0 aromatic carbocycles. The standard InChI is InChI=1S/C19H25N3O3/c23-19(18-13-16-14-20-5-1-17(16)25-18)22-9-7-21(8-10-22)6-2-15-3-11-24-12-4-15/h1,5,13-15H,2-4,6-12H2. The van der Waals surface area contributed by atoms with Crippen LogP contribution in [0, 0.1) is 5.92 Å². The van der Waals surface area contributed by atoms with Gasteiger partial charge in [0.25, 0.3) is 5.91 Å². The van der Waals surface area contributed by atoms with Crippen molar-refractivity contribution >= 4 is 16.9 Å². The molecular formula is C19H25N3O3. The van der Waals surface area contributed by atoms with Crippen molar-refractivity contribution in [3.05, 3.63) is 30.3 Å². The third-order valence-corrected chi connectivity index (χ3v) is 5.38. The van der Waals surface area contributed by atoms with Gasteiger partial charge in [0, 0.05) is 57.2 Å². The van der Waals surface area contributed by atoms with Gasteiger partial charge >= 0.3 is 0 Å². The van der Waals surface area contributed by atoms with Gasteiger partial charge in [-0.1, -0.05) is 0 Å². The lowest BCUT2D eigenvalue weighted by molar-refractivity contribution is 0.0506. The lowest BCUT2D eigenvalue weighted by Gasteiger charge is -2.35. The Morgan fingerprint density at radius 1 is 1.20 bits per heavy atom. The predicted octanol–water partition coefficient (Wildman–Crippen LogP) is 2.40. The third-order valence-electron chi connectivity index (χ3n) is 5.38. The van der Waals surface area contributed by atoms with Crippen LogP contribution in [0.1, 0.15) is 29.8 Å². The highest BCUT2D eigenvalue weighted by atomic mass is 16.5. The van der Waals surface area contributed by atoms with Crippen LogP contribution in [0.2, 0.25) is 0 Å². The normalized spacial score (nSPS) is 20.2. The molecule has 2 saturated heterocycles. The first-order valence-corrected chi connectivity index (χ1v) is 9.22. The number of hydrogen-bond acceptors (Lipinski definition) is 5. The van der Waals surface area contributed by atoms with Crippen molar-refractivity contribution < 1.29 is 13.9 Å². The van der Waals surface area contributed by atoms with E-state index in [1.807, 2.05) is 4.90 Å². The number of nitrogens with zero attached hydrogens (tertiary/aromatic N) is 3. The van der Waals surface area contributed by atoms with Gasteiger partial charge in [-0.3, -0.25) is 14.7 Å². The molecule has 4 rings (SSSR count). The number of pyridine rings is 1. The number of hydrogen-bond donors (Lipinski definition) is 0. The van der Waals surface area contributed by atoms with Gasteiger partial charge in [0.1, 0.15) is 5.58 Å². The Morgan fingerprint density at radius 2 is 2.00 bits per heavy atom. The highest BCUT2D eigenvalue weighted by Crippen LogP contribution is 2.21. The number of furan rings is 1. The molecule has 0 spiro atoms. The van der Waals surface area contributed by atoms with E-state index in [0.717, 1.165) is 57.2 Å². The van der Waals surface area contributed by atoms with Crippen LogP contribution in [-0.4, -0.2) is 66.6 Å². The van der Waals surface area contributed by atoms with Crippen LogP contribution in [0.5, 0.6) is 0 Å². The molecule has 6 heteroatoms. The minimum Gasteiger partial charge on any atom is -0.451 e. The Morgan fingerprint density at radius 3 is 2.76 bits per heavy atom. The zero-order valence-corrected chi connectivity index (χ0v) is 14.5. The lowest BCUT2D eigenvalue weighted by Crippen LogP contribution is -2.49. The molecule has 4 heterocycles. The van der Waals surface area contributed by atoms with E-state index < -0.39 is 0 Å². The molecule has 2 aromatic rings. The van der Waals surface area contributed by atoms with E-state index in [9.17, 15) is 4.79 Å². The fourth-order valence-corrected chi connectivity index (χ4v) is 3.72. The first kappa shape index (κ1) is 16.5. The second-order valence-corrected chi connectivity index (χ2v) is 7.00. The van der Waals surface area contributed by atoms with Gasteiger partial charge in [0.15, 0.2) is 5.76 Å². The second-order valence-electron chi connectivity index (χ2n) is 7.00. The number of ether oxygens (including phenoxy) is 1. The number of piperazine rings is 1. The summed E-state index contributed by atoms with van der Waals surface area (Å²) < 4.78 is 11.1. The summed E-state index contributed by atoms with van der Waals surface area (Å²) in [6.45, 7) is 6.38. The summed E-state index contributed by atoms with van der Waals surface area (Å²) in [7, 11) is 0. The highest BCUT2D eigenvalue weighted by molar-refractivity contribution is 5.95. The fraction of sp³-hybridized carbons (Fsp3) is 0.579. The zero-order chi connectivity index (χ0) is 17.1. The first-order valence-electron chi connectivity index (χ1n) is 9.22. The van der Waals surface area contributed by atoms with Gasteiger partial charge in [-0.15, -0.1) is 0 Å². The maximum atomic E-state index is 12.7. The summed E-state index contributed by atoms with van der Waals surface area (Å²) in [5.41, 5.74) is 0.716. The predicted molar refractivity (Wildman–Crippen MR) is 94.5 cm³/mol. The van der Waals surface area contributed by atoms with E-state index in [0.29, 0.717) is 11.3 Å². The number of carbonyl (C=O) groups excluding carboxylic acids is 1. The number of amides is 1. The van der Waals surface area contributed by atoms with Crippen molar-refractivity contribution in [3.63, 3.8) is 0 Å². The summed E-state index contributed by atoms with van der Waals surface area (Å²) in [5, 5.41) is 0.876. The SMILES string of the molecule is O=C(c1cc2cnccc2o1)N1CCN(CCC2CCOCC2)CC1. The number of carbonyl (C=O) groups is 1. The molecule has 134 valence electrons. The summed E-state index contributed by atoms with van der Waals surface area (Å²) >= 11 is 0. The van der Waals surface area contributed by atoms with E-state index in [1.54, 1.807) is 24.5 Å². The van der Waals surface area contributed by atoms with E-state index in [-0.39, 0.29) is 5.91 Å². The Labute approximate surface area is 147 Å². The third kappa shape index (κ3) is 3.85. The van der Waals surface area contributed by atoms with Gasteiger partial charge < -0.3 is 14.1 Å². The van der Waals surface area contributed by atoms with E-state index in [2.05, 4.69) is 9.88 Å². The molecule has 2 aromatic heterocycles. The van der Waals surface area contributed by atoms with Crippen LogP contribution in [0.15, 0.2) is 28.9 Å². The quantitative estimate of drug-likeness (QED) is 0.853. The van der Waals surface area contributed by atoms with Crippen LogP contribution in [0.4, 0.5) is 0 Å². The number of aromatic nitrogens is 1. The largest absolute Gasteiger partial charge is 0.451 e. The summed E-state index contributed by atoms with van der Waals surface area (Å²) in [4.78, 5) is 21.1. The van der Waals surface area contributed by atoms with Crippen molar-refractivity contribution in [2.45, 2.75) is 19.3 Å². The molecule has 2 aliphatic rings. The maximum Gasteiger partial charge on any atom is 0.289 e. The van der Waals surface area contributed by atoms with Crippen LogP contribution in [0.25, 0.3) is 11.0 Å². The van der Waals surface area contributed by atoms with Crippen molar-refractivity contribution in [3.8, 4) is 0 Å². The fourth-order valence-electron chi connectivity index (χ4n) is 3.72. The molecule has 2 aliphatic heterocycles. The smallest absolute Gasteiger partial charge is 0.289 e. The van der Waals surface area contributed by atoms with Crippen LogP contribution >= 0.6 is 0 Å². The molecule has 0 radical (unpaired) electrons. The van der Waals surface area contributed by atoms with E-state index in [1.165, 1.54) is 19.3 Å². The summed E-state index contributed by atoms with van der Waals surface area (Å²) in [6.07, 6.45) is 7.04. The number of fused-ring (bicyclic) bond motifs is 1. The first-order chi connectivity index (χ1) is 12.3. The average Bonchev–Trinajstić information content (AvgIpc) is 3.11. The molecule has 0 saturated carbocycles. The maximum absolute atomic E-state index is 12.7. The Hall–Kier alpha value is -1.92. The monoisotopic (exact) mass is 343 g/mol. The van der Waals surface area contributed by atoms with Crippen molar-refractivity contribution in [2.24, 2.45) is 5.92 Å². The molecule has 2 fully saturated rings. The van der Waals surface area contributed by atoms with Crippen molar-refractivity contribution in [2.75, 3.05) is 45.9 Å². The van der Waals surface area contributed by atoms with E-state index in [4.69, 9.17) is 9.15 Å². The average molecular weight is 343 g/mol. The molecule has 0 unspecified atom stereocenters. The summed E-state index contributed by atoms with van der Waals surface area (Å²) in [6, 6.07) is 3.59. The molecule has 0 bridgehead atoms. The highest BCUT2D eigenvalue weighted by Gasteiger charge is 2.25. The minimum absolute atomic E-state index is 0.0136. The molecule has 6 nitrogen and oxygen atoms in total. The molecule has 1 amide bonds. The minimum atomic E-state index is -0.0136. The van der Waals surface area contributed by atoms with Crippen LogP contribution < -0.4 is 0 Å².